The molecule has 0 bridgehead atoms. The minimum Gasteiger partial charge on any atom is -0.455 e. The van der Waals surface area contributed by atoms with Crippen LogP contribution in [0.15, 0.2) is 217 Å². The lowest BCUT2D eigenvalue weighted by molar-refractivity contribution is 0.673. The molecule has 1 heterocycles. The summed E-state index contributed by atoms with van der Waals surface area (Å²) >= 11 is 0. The fourth-order valence-corrected chi connectivity index (χ4v) is 8.48. The minimum atomic E-state index is 0.884. The van der Waals surface area contributed by atoms with E-state index in [0.29, 0.717) is 0 Å². The van der Waals surface area contributed by atoms with E-state index in [0.717, 1.165) is 66.9 Å². The van der Waals surface area contributed by atoms with Gasteiger partial charge in [0.05, 0.1) is 0 Å². The fourth-order valence-electron chi connectivity index (χ4n) is 8.48. The van der Waals surface area contributed by atoms with E-state index in [1.54, 1.807) is 0 Å². The molecule has 0 amide bonds. The van der Waals surface area contributed by atoms with Crippen molar-refractivity contribution in [3.05, 3.63) is 212 Å². The standard InChI is InChI=1S/C54H36N2O/c1-2-13-42(14-3-1)56(44-33-34-52-51(35-44)53-49-18-8-6-16-47(49)48-17-7-9-19-50(48)54(53)57-52)43-31-25-37(26-32-43)36-21-27-40(28-22-36)55-41-29-23-39(24-30-41)46-20-10-12-38-11-4-5-15-45(38)46/h1-35,55H. The molecular formula is C54H36N2O. The highest BCUT2D eigenvalue weighted by molar-refractivity contribution is 6.30. The molecule has 11 aromatic rings. The second-order valence-electron chi connectivity index (χ2n) is 14.6. The van der Waals surface area contributed by atoms with Gasteiger partial charge in [-0.05, 0) is 116 Å². The summed E-state index contributed by atoms with van der Waals surface area (Å²) in [4.78, 5) is 2.32. The third-order valence-electron chi connectivity index (χ3n) is 11.2. The first-order valence-corrected chi connectivity index (χ1v) is 19.4. The van der Waals surface area contributed by atoms with E-state index in [1.807, 2.05) is 0 Å². The van der Waals surface area contributed by atoms with E-state index in [2.05, 4.69) is 223 Å². The van der Waals surface area contributed by atoms with Crippen LogP contribution in [0.2, 0.25) is 0 Å². The number of furan rings is 1. The quantitative estimate of drug-likeness (QED) is 0.166. The fraction of sp³-hybridized carbons (Fsp3) is 0. The van der Waals surface area contributed by atoms with Crippen LogP contribution in [-0.2, 0) is 0 Å². The van der Waals surface area contributed by atoms with E-state index < -0.39 is 0 Å². The van der Waals surface area contributed by atoms with Gasteiger partial charge in [-0.2, -0.15) is 0 Å². The molecule has 57 heavy (non-hydrogen) atoms. The first kappa shape index (κ1) is 32.8. The van der Waals surface area contributed by atoms with Gasteiger partial charge in [-0.25, -0.2) is 0 Å². The highest BCUT2D eigenvalue weighted by Crippen LogP contribution is 2.44. The topological polar surface area (TPSA) is 28.4 Å². The monoisotopic (exact) mass is 728 g/mol. The van der Waals surface area contributed by atoms with Gasteiger partial charge in [-0.1, -0.05) is 146 Å². The second kappa shape index (κ2) is 13.6. The number of nitrogens with one attached hydrogen (secondary N) is 1. The van der Waals surface area contributed by atoms with Crippen molar-refractivity contribution in [2.75, 3.05) is 10.2 Å². The van der Waals surface area contributed by atoms with Gasteiger partial charge in [0.1, 0.15) is 11.2 Å². The third-order valence-corrected chi connectivity index (χ3v) is 11.2. The molecule has 0 saturated carbocycles. The molecule has 0 saturated heterocycles. The molecule has 11 rings (SSSR count). The van der Waals surface area contributed by atoms with Crippen molar-refractivity contribution in [1.82, 2.24) is 0 Å². The van der Waals surface area contributed by atoms with Crippen LogP contribution in [0.4, 0.5) is 28.4 Å². The molecule has 0 radical (unpaired) electrons. The number of hydrogen-bond acceptors (Lipinski definition) is 3. The van der Waals surface area contributed by atoms with Gasteiger partial charge >= 0.3 is 0 Å². The van der Waals surface area contributed by atoms with Crippen molar-refractivity contribution in [3.8, 4) is 22.3 Å². The van der Waals surface area contributed by atoms with Crippen molar-refractivity contribution in [1.29, 1.82) is 0 Å². The maximum absolute atomic E-state index is 6.64. The molecule has 3 nitrogen and oxygen atoms in total. The Balaban J connectivity index is 0.895. The lowest BCUT2D eigenvalue weighted by Crippen LogP contribution is -2.09. The summed E-state index contributed by atoms with van der Waals surface area (Å²) in [7, 11) is 0. The summed E-state index contributed by atoms with van der Waals surface area (Å²) in [5.74, 6) is 0. The van der Waals surface area contributed by atoms with Gasteiger partial charge in [-0.15, -0.1) is 0 Å². The molecule has 268 valence electrons. The summed E-state index contributed by atoms with van der Waals surface area (Å²) in [6, 6.07) is 75.6. The van der Waals surface area contributed by atoms with Crippen LogP contribution in [0.25, 0.3) is 76.5 Å². The van der Waals surface area contributed by atoms with Gasteiger partial charge < -0.3 is 14.6 Å². The van der Waals surface area contributed by atoms with Crippen LogP contribution in [0, 0.1) is 0 Å². The average molecular weight is 729 g/mol. The van der Waals surface area contributed by atoms with Crippen molar-refractivity contribution in [2.45, 2.75) is 0 Å². The number of rotatable bonds is 7. The molecule has 10 aromatic carbocycles. The van der Waals surface area contributed by atoms with Crippen LogP contribution in [0.1, 0.15) is 0 Å². The van der Waals surface area contributed by atoms with Gasteiger partial charge in [0, 0.05) is 44.6 Å². The zero-order valence-corrected chi connectivity index (χ0v) is 31.1. The highest BCUT2D eigenvalue weighted by Gasteiger charge is 2.19. The molecule has 1 N–H and O–H groups in total. The Kier molecular flexibility index (Phi) is 7.82. The molecule has 0 aliphatic rings. The van der Waals surface area contributed by atoms with E-state index in [1.165, 1.54) is 38.1 Å². The summed E-state index contributed by atoms with van der Waals surface area (Å²) in [6.07, 6.45) is 0. The van der Waals surface area contributed by atoms with Gasteiger partial charge in [0.2, 0.25) is 0 Å². The highest BCUT2D eigenvalue weighted by atomic mass is 16.3. The number of fused-ring (bicyclic) bond motifs is 9. The van der Waals surface area contributed by atoms with Crippen LogP contribution in [0.5, 0.6) is 0 Å². The predicted octanol–water partition coefficient (Wildman–Crippen LogP) is 15.6. The normalized spacial score (nSPS) is 11.5. The second-order valence-corrected chi connectivity index (χ2v) is 14.6. The Morgan fingerprint density at radius 3 is 1.60 bits per heavy atom. The summed E-state index contributed by atoms with van der Waals surface area (Å²) in [5.41, 5.74) is 11.9. The Morgan fingerprint density at radius 1 is 0.351 bits per heavy atom. The van der Waals surface area contributed by atoms with Crippen LogP contribution < -0.4 is 10.2 Å². The molecule has 0 unspecified atom stereocenters. The van der Waals surface area contributed by atoms with Crippen molar-refractivity contribution >= 4 is 82.7 Å². The van der Waals surface area contributed by atoms with Crippen LogP contribution in [-0.4, -0.2) is 0 Å². The summed E-state index contributed by atoms with van der Waals surface area (Å²) < 4.78 is 6.64. The Hall–Kier alpha value is -7.62. The number of anilines is 5. The lowest BCUT2D eigenvalue weighted by Gasteiger charge is -2.25. The first-order valence-electron chi connectivity index (χ1n) is 19.4. The Morgan fingerprint density at radius 2 is 0.877 bits per heavy atom. The molecule has 0 atom stereocenters. The SMILES string of the molecule is c1ccc(N(c2ccc(-c3ccc(Nc4ccc(-c5cccc6ccccc56)cc4)cc3)cc2)c2ccc3oc4c5ccccc5c5ccccc5c4c3c2)cc1. The number of benzene rings is 10. The van der Waals surface area contributed by atoms with Crippen molar-refractivity contribution in [2.24, 2.45) is 0 Å². The van der Waals surface area contributed by atoms with Gasteiger partial charge in [-0.3, -0.25) is 0 Å². The largest absolute Gasteiger partial charge is 0.455 e. The zero-order valence-electron chi connectivity index (χ0n) is 31.1. The van der Waals surface area contributed by atoms with Crippen molar-refractivity contribution < 1.29 is 4.42 Å². The maximum atomic E-state index is 6.64. The van der Waals surface area contributed by atoms with Gasteiger partial charge in [0.15, 0.2) is 0 Å². The van der Waals surface area contributed by atoms with E-state index in [-0.39, 0.29) is 0 Å². The molecule has 0 fully saturated rings. The molecule has 0 aliphatic carbocycles. The number of hydrogen-bond donors (Lipinski definition) is 1. The molecular weight excluding hydrogens is 693 g/mol. The Labute approximate surface area is 330 Å². The third kappa shape index (κ3) is 5.76. The van der Waals surface area contributed by atoms with Crippen LogP contribution in [0.3, 0.4) is 0 Å². The Bertz CT molecular complexity index is 3230. The van der Waals surface area contributed by atoms with E-state index in [4.69, 9.17) is 4.42 Å². The van der Waals surface area contributed by atoms with E-state index in [9.17, 15) is 0 Å². The summed E-state index contributed by atoms with van der Waals surface area (Å²) in [5, 5.41) is 13.1. The summed E-state index contributed by atoms with van der Waals surface area (Å²) in [6.45, 7) is 0. The van der Waals surface area contributed by atoms with Crippen molar-refractivity contribution in [3.63, 3.8) is 0 Å². The average Bonchev–Trinajstić information content (AvgIpc) is 3.67. The number of nitrogens with zero attached hydrogens (tertiary/aromatic N) is 1. The van der Waals surface area contributed by atoms with Gasteiger partial charge in [0.25, 0.3) is 0 Å². The molecule has 0 spiro atoms. The van der Waals surface area contributed by atoms with Crippen LogP contribution >= 0.6 is 0 Å². The first-order chi connectivity index (χ1) is 28.2. The zero-order chi connectivity index (χ0) is 37.7. The predicted molar refractivity (Wildman–Crippen MR) is 242 cm³/mol. The maximum Gasteiger partial charge on any atom is 0.143 e. The molecule has 1 aromatic heterocycles. The van der Waals surface area contributed by atoms with E-state index >= 15 is 0 Å². The molecule has 0 aliphatic heterocycles. The smallest absolute Gasteiger partial charge is 0.143 e. The molecule has 3 heteroatoms. The lowest BCUT2D eigenvalue weighted by atomic mass is 9.97. The minimum absolute atomic E-state index is 0.884. The number of para-hydroxylation sites is 1.